The highest BCUT2D eigenvalue weighted by Crippen LogP contribution is 2.29. The normalized spacial score (nSPS) is 12.5. The molecule has 5 heteroatoms. The molecule has 1 atom stereocenters. The maximum atomic E-state index is 11.2. The third kappa shape index (κ3) is 5.65. The quantitative estimate of drug-likeness (QED) is 0.710. The van der Waals surface area contributed by atoms with Crippen LogP contribution in [0.3, 0.4) is 0 Å². The van der Waals surface area contributed by atoms with E-state index in [4.69, 9.17) is 11.6 Å². The van der Waals surface area contributed by atoms with Gasteiger partial charge >= 0.3 is 5.97 Å². The molecule has 23 heavy (non-hydrogen) atoms. The van der Waals surface area contributed by atoms with E-state index in [1.807, 2.05) is 38.1 Å². The minimum absolute atomic E-state index is 0.328. The highest BCUT2D eigenvalue weighted by Gasteiger charge is 2.18. The van der Waals surface area contributed by atoms with Crippen molar-refractivity contribution in [3.8, 4) is 10.4 Å². The van der Waals surface area contributed by atoms with Gasteiger partial charge in [0.05, 0.1) is 5.92 Å². The van der Waals surface area contributed by atoms with Gasteiger partial charge in [0.1, 0.15) is 0 Å². The molecule has 1 aromatic carbocycles. The second kappa shape index (κ2) is 8.48. The molecule has 2 N–H and O–H groups in total. The van der Waals surface area contributed by atoms with E-state index in [1.54, 1.807) is 11.3 Å². The Morgan fingerprint density at radius 1 is 1.22 bits per heavy atom. The Hall–Kier alpha value is -1.36. The van der Waals surface area contributed by atoms with E-state index in [0.717, 1.165) is 10.6 Å². The summed E-state index contributed by atoms with van der Waals surface area (Å²) in [5, 5.41) is 13.3. The smallest absolute Gasteiger partial charge is 0.307 e. The van der Waals surface area contributed by atoms with Crippen LogP contribution in [0.15, 0.2) is 36.4 Å². The SMILES string of the molecule is CC(C)CC(CNCc1ccc(-c2ccc(Cl)cc2)s1)C(=O)O. The first kappa shape index (κ1) is 18.0. The summed E-state index contributed by atoms with van der Waals surface area (Å²) in [7, 11) is 0. The summed E-state index contributed by atoms with van der Waals surface area (Å²) in [6, 6.07) is 12.0. The number of hydrogen-bond acceptors (Lipinski definition) is 3. The summed E-state index contributed by atoms with van der Waals surface area (Å²) in [4.78, 5) is 13.6. The van der Waals surface area contributed by atoms with Gasteiger partial charge in [0.2, 0.25) is 0 Å². The maximum absolute atomic E-state index is 11.2. The number of thiophene rings is 1. The Bertz CT molecular complexity index is 637. The first-order chi connectivity index (χ1) is 11.0. The molecular formula is C18H22ClNO2S. The number of rotatable bonds is 8. The Kier molecular flexibility index (Phi) is 6.63. The van der Waals surface area contributed by atoms with Crippen molar-refractivity contribution in [2.75, 3.05) is 6.54 Å². The summed E-state index contributed by atoms with van der Waals surface area (Å²) in [5.41, 5.74) is 1.15. The zero-order valence-corrected chi connectivity index (χ0v) is 15.0. The van der Waals surface area contributed by atoms with Gasteiger partial charge < -0.3 is 10.4 Å². The molecule has 0 spiro atoms. The minimum Gasteiger partial charge on any atom is -0.481 e. The van der Waals surface area contributed by atoms with Gasteiger partial charge in [-0.1, -0.05) is 37.6 Å². The molecule has 0 saturated heterocycles. The van der Waals surface area contributed by atoms with Crippen LogP contribution in [0.4, 0.5) is 0 Å². The Morgan fingerprint density at radius 3 is 2.52 bits per heavy atom. The number of halogens is 1. The highest BCUT2D eigenvalue weighted by atomic mass is 35.5. The Morgan fingerprint density at radius 2 is 1.91 bits per heavy atom. The molecule has 0 fully saturated rings. The average Bonchev–Trinajstić information content (AvgIpc) is 2.95. The number of carbonyl (C=O) groups is 1. The molecule has 1 heterocycles. The van der Waals surface area contributed by atoms with Gasteiger partial charge in [-0.15, -0.1) is 11.3 Å². The lowest BCUT2D eigenvalue weighted by Gasteiger charge is -2.15. The molecule has 0 radical (unpaired) electrons. The lowest BCUT2D eigenvalue weighted by Crippen LogP contribution is -2.29. The fourth-order valence-electron chi connectivity index (χ4n) is 2.45. The Labute approximate surface area is 146 Å². The van der Waals surface area contributed by atoms with Gasteiger partial charge in [-0.2, -0.15) is 0 Å². The predicted octanol–water partition coefficient (Wildman–Crippen LogP) is 4.91. The molecule has 2 rings (SSSR count). The zero-order valence-electron chi connectivity index (χ0n) is 13.4. The average molecular weight is 352 g/mol. The minimum atomic E-state index is -0.723. The zero-order chi connectivity index (χ0) is 16.8. The molecular weight excluding hydrogens is 330 g/mol. The molecule has 0 aliphatic rings. The molecule has 3 nitrogen and oxygen atoms in total. The third-order valence-corrected chi connectivity index (χ3v) is 4.97. The molecule has 1 aromatic heterocycles. The van der Waals surface area contributed by atoms with Gasteiger partial charge in [0.15, 0.2) is 0 Å². The van der Waals surface area contributed by atoms with E-state index in [-0.39, 0.29) is 5.92 Å². The standard InChI is InChI=1S/C18H22ClNO2S/c1-12(2)9-14(18(21)22)10-20-11-16-7-8-17(23-16)13-3-5-15(19)6-4-13/h3-8,12,14,20H,9-11H2,1-2H3,(H,21,22). The second-order valence-corrected chi connectivity index (χ2v) is 7.67. The molecule has 0 aliphatic heterocycles. The van der Waals surface area contributed by atoms with E-state index in [1.165, 1.54) is 9.75 Å². The van der Waals surface area contributed by atoms with Crippen LogP contribution in [0, 0.1) is 11.8 Å². The van der Waals surface area contributed by atoms with Gasteiger partial charge in [-0.05, 0) is 42.2 Å². The number of hydrogen-bond donors (Lipinski definition) is 2. The first-order valence-corrected chi connectivity index (χ1v) is 8.93. The van der Waals surface area contributed by atoms with E-state index in [0.29, 0.717) is 25.4 Å². The third-order valence-electron chi connectivity index (χ3n) is 3.59. The number of aliphatic carboxylic acids is 1. The highest BCUT2D eigenvalue weighted by molar-refractivity contribution is 7.15. The monoisotopic (exact) mass is 351 g/mol. The predicted molar refractivity (Wildman–Crippen MR) is 97.1 cm³/mol. The largest absolute Gasteiger partial charge is 0.481 e. The van der Waals surface area contributed by atoms with Crippen molar-refractivity contribution in [3.05, 3.63) is 46.3 Å². The van der Waals surface area contributed by atoms with E-state index < -0.39 is 5.97 Å². The van der Waals surface area contributed by atoms with Crippen molar-refractivity contribution in [2.24, 2.45) is 11.8 Å². The van der Waals surface area contributed by atoms with Crippen LogP contribution >= 0.6 is 22.9 Å². The van der Waals surface area contributed by atoms with Crippen LogP contribution < -0.4 is 5.32 Å². The van der Waals surface area contributed by atoms with Crippen molar-refractivity contribution in [2.45, 2.75) is 26.8 Å². The fourth-order valence-corrected chi connectivity index (χ4v) is 3.56. The number of carboxylic acid groups (broad SMARTS) is 1. The summed E-state index contributed by atoms with van der Waals surface area (Å²) in [6.07, 6.45) is 0.697. The molecule has 2 aromatic rings. The van der Waals surface area contributed by atoms with Crippen molar-refractivity contribution >= 4 is 28.9 Å². The number of nitrogens with one attached hydrogen (secondary N) is 1. The summed E-state index contributed by atoms with van der Waals surface area (Å²) >= 11 is 7.62. The summed E-state index contributed by atoms with van der Waals surface area (Å²) in [5.74, 6) is -0.666. The second-order valence-electron chi connectivity index (χ2n) is 6.07. The van der Waals surface area contributed by atoms with Crippen molar-refractivity contribution in [1.29, 1.82) is 0 Å². The van der Waals surface area contributed by atoms with Crippen LogP contribution in [-0.4, -0.2) is 17.6 Å². The van der Waals surface area contributed by atoms with Gasteiger partial charge in [0.25, 0.3) is 0 Å². The summed E-state index contributed by atoms with van der Waals surface area (Å²) in [6.45, 7) is 5.29. The van der Waals surface area contributed by atoms with Crippen LogP contribution in [0.5, 0.6) is 0 Å². The molecule has 0 bridgehead atoms. The van der Waals surface area contributed by atoms with E-state index >= 15 is 0 Å². The number of benzene rings is 1. The van der Waals surface area contributed by atoms with E-state index in [2.05, 4.69) is 17.4 Å². The molecule has 0 saturated carbocycles. The van der Waals surface area contributed by atoms with Crippen LogP contribution in [0.1, 0.15) is 25.1 Å². The van der Waals surface area contributed by atoms with Crippen molar-refractivity contribution < 1.29 is 9.90 Å². The first-order valence-electron chi connectivity index (χ1n) is 7.74. The summed E-state index contributed by atoms with van der Waals surface area (Å²) < 4.78 is 0. The molecule has 124 valence electrons. The van der Waals surface area contributed by atoms with Crippen molar-refractivity contribution in [1.82, 2.24) is 5.32 Å². The van der Waals surface area contributed by atoms with Gasteiger partial charge in [0, 0.05) is 27.9 Å². The maximum Gasteiger partial charge on any atom is 0.307 e. The lowest BCUT2D eigenvalue weighted by molar-refractivity contribution is -0.142. The lowest BCUT2D eigenvalue weighted by atomic mass is 9.97. The molecule has 1 unspecified atom stereocenters. The Balaban J connectivity index is 1.89. The molecule has 0 aliphatic carbocycles. The fraction of sp³-hybridized carbons (Fsp3) is 0.389. The van der Waals surface area contributed by atoms with Gasteiger partial charge in [-0.25, -0.2) is 0 Å². The molecule has 0 amide bonds. The van der Waals surface area contributed by atoms with Crippen LogP contribution in [0.2, 0.25) is 5.02 Å². The number of carboxylic acids is 1. The topological polar surface area (TPSA) is 49.3 Å². The van der Waals surface area contributed by atoms with Crippen LogP contribution in [-0.2, 0) is 11.3 Å². The van der Waals surface area contributed by atoms with Gasteiger partial charge in [-0.3, -0.25) is 4.79 Å². The van der Waals surface area contributed by atoms with Crippen LogP contribution in [0.25, 0.3) is 10.4 Å². The van der Waals surface area contributed by atoms with Crippen molar-refractivity contribution in [3.63, 3.8) is 0 Å². The van der Waals surface area contributed by atoms with E-state index in [9.17, 15) is 9.90 Å².